The summed E-state index contributed by atoms with van der Waals surface area (Å²) in [4.78, 5) is 12.7. The van der Waals surface area contributed by atoms with Gasteiger partial charge in [-0.2, -0.15) is 0 Å². The highest BCUT2D eigenvalue weighted by Gasteiger charge is 2.19. The highest BCUT2D eigenvalue weighted by atomic mass is 32.2. The van der Waals surface area contributed by atoms with Gasteiger partial charge in [0.05, 0.1) is 30.4 Å². The average Bonchev–Trinajstić information content (AvgIpc) is 3.38. The number of ether oxygens (including phenoxy) is 1. The van der Waals surface area contributed by atoms with Crippen molar-refractivity contribution in [1.29, 1.82) is 0 Å². The third-order valence-corrected chi connectivity index (χ3v) is 6.21. The van der Waals surface area contributed by atoms with Crippen molar-refractivity contribution in [1.82, 2.24) is 19.2 Å². The summed E-state index contributed by atoms with van der Waals surface area (Å²) in [5.41, 5.74) is 2.97. The Morgan fingerprint density at radius 2 is 1.78 bits per heavy atom. The summed E-state index contributed by atoms with van der Waals surface area (Å²) < 4.78 is 23.4. The van der Waals surface area contributed by atoms with Crippen LogP contribution in [0.5, 0.6) is 5.75 Å². The number of para-hydroxylation sites is 2. The Hall–Kier alpha value is -3.65. The van der Waals surface area contributed by atoms with Crippen LogP contribution >= 0.6 is 11.8 Å². The van der Waals surface area contributed by atoms with Crippen LogP contribution in [0.15, 0.2) is 78.0 Å². The number of Topliss-reactive ketones (excluding diaryl/α,β-unsaturated/α-hetero) is 1. The van der Waals surface area contributed by atoms with E-state index in [2.05, 4.69) is 10.2 Å². The molecule has 3 aromatic carbocycles. The quantitative estimate of drug-likeness (QED) is 0.264. The lowest BCUT2D eigenvalue weighted by Gasteiger charge is -2.06. The molecule has 0 aliphatic rings. The molecule has 8 heteroatoms. The van der Waals surface area contributed by atoms with Gasteiger partial charge in [0.25, 0.3) is 0 Å². The number of aromatic nitrogens is 4. The zero-order valence-corrected chi connectivity index (χ0v) is 18.1. The first-order chi connectivity index (χ1) is 15.7. The van der Waals surface area contributed by atoms with E-state index in [1.54, 1.807) is 43.5 Å². The second-order valence-electron chi connectivity index (χ2n) is 7.23. The van der Waals surface area contributed by atoms with Crippen LogP contribution < -0.4 is 4.74 Å². The average molecular weight is 447 g/mol. The van der Waals surface area contributed by atoms with E-state index in [0.717, 1.165) is 11.0 Å². The number of rotatable bonds is 7. The molecule has 0 saturated heterocycles. The molecule has 0 amide bonds. The molecule has 0 atom stereocenters. The van der Waals surface area contributed by atoms with E-state index in [9.17, 15) is 9.18 Å². The van der Waals surface area contributed by atoms with E-state index in [0.29, 0.717) is 34.4 Å². The first-order valence-electron chi connectivity index (χ1n) is 10.0. The highest BCUT2D eigenvalue weighted by Crippen LogP contribution is 2.27. The van der Waals surface area contributed by atoms with Crippen molar-refractivity contribution in [2.24, 2.45) is 0 Å². The van der Waals surface area contributed by atoms with Crippen LogP contribution in [0.25, 0.3) is 16.8 Å². The maximum absolute atomic E-state index is 14.3. The van der Waals surface area contributed by atoms with Crippen LogP contribution in [0.4, 0.5) is 4.39 Å². The molecule has 5 rings (SSSR count). The number of ketones is 1. The van der Waals surface area contributed by atoms with Crippen molar-refractivity contribution in [3.8, 4) is 5.75 Å². The normalized spacial score (nSPS) is 11.3. The maximum atomic E-state index is 14.3. The summed E-state index contributed by atoms with van der Waals surface area (Å²) in [6.07, 6.45) is 0. The minimum atomic E-state index is -0.263. The summed E-state index contributed by atoms with van der Waals surface area (Å²) in [6.45, 7) is 0.329. The van der Waals surface area contributed by atoms with E-state index in [4.69, 9.17) is 4.74 Å². The number of fused-ring (bicyclic) bond motifs is 3. The van der Waals surface area contributed by atoms with E-state index in [-0.39, 0.29) is 17.4 Å². The largest absolute Gasteiger partial charge is 0.497 e. The molecular weight excluding hydrogens is 427 g/mol. The minimum Gasteiger partial charge on any atom is -0.497 e. The summed E-state index contributed by atoms with van der Waals surface area (Å²) in [7, 11) is 1.57. The lowest BCUT2D eigenvalue weighted by atomic mass is 10.1. The fourth-order valence-corrected chi connectivity index (χ4v) is 4.53. The molecule has 0 spiro atoms. The third-order valence-electron chi connectivity index (χ3n) is 5.28. The summed E-state index contributed by atoms with van der Waals surface area (Å²) in [6, 6.07) is 21.6. The van der Waals surface area contributed by atoms with Gasteiger partial charge in [-0.05, 0) is 30.3 Å². The molecule has 0 saturated carbocycles. The molecule has 0 aliphatic heterocycles. The molecule has 32 heavy (non-hydrogen) atoms. The van der Waals surface area contributed by atoms with Crippen molar-refractivity contribution in [2.75, 3.05) is 12.9 Å². The molecule has 5 aromatic rings. The van der Waals surface area contributed by atoms with Crippen LogP contribution in [0.1, 0.15) is 15.9 Å². The van der Waals surface area contributed by atoms with Gasteiger partial charge in [0, 0.05) is 11.1 Å². The van der Waals surface area contributed by atoms with Crippen LogP contribution in [0.2, 0.25) is 0 Å². The number of imidazole rings is 1. The van der Waals surface area contributed by atoms with Gasteiger partial charge in [0.2, 0.25) is 5.78 Å². The van der Waals surface area contributed by atoms with Gasteiger partial charge in [-0.1, -0.05) is 54.2 Å². The zero-order valence-electron chi connectivity index (χ0n) is 17.2. The molecule has 6 nitrogen and oxygen atoms in total. The van der Waals surface area contributed by atoms with E-state index in [1.165, 1.54) is 17.8 Å². The number of nitrogens with zero attached hydrogens (tertiary/aromatic N) is 4. The fourth-order valence-electron chi connectivity index (χ4n) is 3.69. The van der Waals surface area contributed by atoms with Crippen LogP contribution in [0, 0.1) is 5.82 Å². The standard InChI is InChI=1S/C24H19FN4O2S/c1-31-18-9-6-8-16(13-18)22(30)15-32-24-27-26-23-28(14-17-7-2-3-10-19(17)25)20-11-4-5-12-21(20)29(23)24/h2-13H,14-15H2,1H3. The van der Waals surface area contributed by atoms with Gasteiger partial charge in [-0.15, -0.1) is 10.2 Å². The lowest BCUT2D eigenvalue weighted by Crippen LogP contribution is -2.03. The number of hydrogen-bond acceptors (Lipinski definition) is 5. The van der Waals surface area contributed by atoms with Gasteiger partial charge in [0.15, 0.2) is 10.9 Å². The molecule has 0 N–H and O–H groups in total. The number of halogens is 1. The van der Waals surface area contributed by atoms with Crippen molar-refractivity contribution in [2.45, 2.75) is 11.7 Å². The van der Waals surface area contributed by atoms with Crippen molar-refractivity contribution >= 4 is 34.4 Å². The van der Waals surface area contributed by atoms with E-state index in [1.807, 2.05) is 39.3 Å². The predicted molar refractivity (Wildman–Crippen MR) is 122 cm³/mol. The summed E-state index contributed by atoms with van der Waals surface area (Å²) in [5, 5.41) is 9.29. The van der Waals surface area contributed by atoms with E-state index < -0.39 is 0 Å². The second kappa shape index (κ2) is 8.47. The third kappa shape index (κ3) is 3.62. The Balaban J connectivity index is 1.49. The predicted octanol–water partition coefficient (Wildman–Crippen LogP) is 4.86. The van der Waals surface area contributed by atoms with Gasteiger partial charge in [-0.3, -0.25) is 9.20 Å². The van der Waals surface area contributed by atoms with Crippen molar-refractivity contribution < 1.29 is 13.9 Å². The first kappa shape index (κ1) is 20.3. The molecular formula is C24H19FN4O2S. The van der Waals surface area contributed by atoms with Gasteiger partial charge < -0.3 is 9.30 Å². The summed E-state index contributed by atoms with van der Waals surface area (Å²) in [5.74, 6) is 1.16. The number of methoxy groups -OCH3 is 1. The number of thioether (sulfide) groups is 1. The van der Waals surface area contributed by atoms with Crippen molar-refractivity contribution in [3.05, 3.63) is 89.7 Å². The number of hydrogen-bond donors (Lipinski definition) is 0. The van der Waals surface area contributed by atoms with Gasteiger partial charge in [0.1, 0.15) is 11.6 Å². The zero-order chi connectivity index (χ0) is 22.1. The maximum Gasteiger partial charge on any atom is 0.237 e. The van der Waals surface area contributed by atoms with E-state index >= 15 is 0 Å². The number of carbonyl (C=O) groups excluding carboxylic acids is 1. The van der Waals surface area contributed by atoms with Crippen LogP contribution in [-0.4, -0.2) is 37.8 Å². The lowest BCUT2D eigenvalue weighted by molar-refractivity contribution is 0.102. The smallest absolute Gasteiger partial charge is 0.237 e. The molecule has 0 aliphatic carbocycles. The molecule has 2 aromatic heterocycles. The topological polar surface area (TPSA) is 61.4 Å². The molecule has 160 valence electrons. The molecule has 2 heterocycles. The number of benzene rings is 3. The fraction of sp³-hybridized carbons (Fsp3) is 0.125. The Bertz CT molecular complexity index is 1440. The first-order valence-corrected chi connectivity index (χ1v) is 11.0. The monoisotopic (exact) mass is 446 g/mol. The number of carbonyl (C=O) groups is 1. The van der Waals surface area contributed by atoms with Crippen molar-refractivity contribution in [3.63, 3.8) is 0 Å². The van der Waals surface area contributed by atoms with Crippen LogP contribution in [-0.2, 0) is 6.54 Å². The molecule has 0 fully saturated rings. The minimum absolute atomic E-state index is 0.0271. The Morgan fingerprint density at radius 3 is 2.59 bits per heavy atom. The van der Waals surface area contributed by atoms with Gasteiger partial charge in [-0.25, -0.2) is 4.39 Å². The SMILES string of the molecule is COc1cccc(C(=O)CSc2nnc3n(Cc4ccccc4F)c4ccccc4n23)c1. The Labute approximate surface area is 187 Å². The van der Waals surface area contributed by atoms with Crippen LogP contribution in [0.3, 0.4) is 0 Å². The second-order valence-corrected chi connectivity index (χ2v) is 8.17. The Kier molecular flexibility index (Phi) is 5.36. The summed E-state index contributed by atoms with van der Waals surface area (Å²) >= 11 is 1.32. The highest BCUT2D eigenvalue weighted by molar-refractivity contribution is 7.99. The molecule has 0 radical (unpaired) electrons. The Morgan fingerprint density at radius 1 is 1.00 bits per heavy atom. The molecule has 0 bridgehead atoms. The van der Waals surface area contributed by atoms with Gasteiger partial charge >= 0.3 is 0 Å². The molecule has 0 unspecified atom stereocenters.